The molecule has 0 aromatic carbocycles. The molecule has 4 rings (SSSR count). The number of carbonyl (C=O) groups excluding carboxylic acids is 1. The molecule has 2 N–H and O–H groups in total. The summed E-state index contributed by atoms with van der Waals surface area (Å²) in [5.74, 6) is 3.71. The highest BCUT2D eigenvalue weighted by atomic mass is 16.2. The van der Waals surface area contributed by atoms with Gasteiger partial charge in [0, 0.05) is 19.5 Å². The Hall–Kier alpha value is -0.570. The molecule has 4 fully saturated rings. The van der Waals surface area contributed by atoms with E-state index in [4.69, 9.17) is 5.73 Å². The van der Waals surface area contributed by atoms with Crippen LogP contribution in [0.1, 0.15) is 65.2 Å². The molecule has 3 heteroatoms. The number of fused-ring (bicyclic) bond motifs is 5. The van der Waals surface area contributed by atoms with Gasteiger partial charge >= 0.3 is 0 Å². The van der Waals surface area contributed by atoms with E-state index in [1.165, 1.54) is 38.5 Å². The summed E-state index contributed by atoms with van der Waals surface area (Å²) in [6, 6.07) is 0.487. The van der Waals surface area contributed by atoms with Gasteiger partial charge < -0.3 is 10.6 Å². The molecule has 0 radical (unpaired) electrons. The highest BCUT2D eigenvalue weighted by Crippen LogP contribution is 2.65. The summed E-state index contributed by atoms with van der Waals surface area (Å²) < 4.78 is 0. The van der Waals surface area contributed by atoms with Gasteiger partial charge in [0.2, 0.25) is 5.91 Å². The number of hydrogen-bond acceptors (Lipinski definition) is 2. The predicted octanol–water partition coefficient (Wildman–Crippen LogP) is 3.42. The lowest BCUT2D eigenvalue weighted by Crippen LogP contribution is -2.61. The van der Waals surface area contributed by atoms with Crippen LogP contribution in [-0.4, -0.2) is 30.4 Å². The minimum absolute atomic E-state index is 0.355. The van der Waals surface area contributed by atoms with Gasteiger partial charge in [-0.25, -0.2) is 0 Å². The lowest BCUT2D eigenvalue weighted by molar-refractivity contribution is -0.158. The van der Waals surface area contributed by atoms with Crippen molar-refractivity contribution in [1.82, 2.24) is 4.90 Å². The third-order valence-corrected chi connectivity index (χ3v) is 9.04. The van der Waals surface area contributed by atoms with E-state index in [0.29, 0.717) is 22.8 Å². The van der Waals surface area contributed by atoms with Crippen molar-refractivity contribution in [2.75, 3.05) is 13.6 Å². The molecule has 0 spiro atoms. The maximum Gasteiger partial charge on any atom is 0.222 e. The second-order valence-corrected chi connectivity index (χ2v) is 9.53. The molecule has 1 saturated heterocycles. The molecule has 7 atom stereocenters. The SMILES string of the molecule is CN1C(=O)CCC2(C)C3CCC4(C)C(CN)CCC4C3CC[C@@H]12. The third-order valence-electron chi connectivity index (χ3n) is 9.04. The van der Waals surface area contributed by atoms with Crippen LogP contribution in [-0.2, 0) is 4.79 Å². The highest BCUT2D eigenvalue weighted by molar-refractivity contribution is 5.77. The topological polar surface area (TPSA) is 46.3 Å². The molecular formula is C20H34N2O. The summed E-state index contributed by atoms with van der Waals surface area (Å²) in [4.78, 5) is 14.3. The summed E-state index contributed by atoms with van der Waals surface area (Å²) in [5.41, 5.74) is 6.97. The van der Waals surface area contributed by atoms with Gasteiger partial charge in [-0.15, -0.1) is 0 Å². The first-order chi connectivity index (χ1) is 10.9. The van der Waals surface area contributed by atoms with E-state index in [2.05, 4.69) is 25.8 Å². The number of amides is 1. The smallest absolute Gasteiger partial charge is 0.222 e. The fourth-order valence-electron chi connectivity index (χ4n) is 7.65. The number of likely N-dealkylation sites (tertiary alicyclic amines) is 1. The van der Waals surface area contributed by atoms with Gasteiger partial charge in [0.25, 0.3) is 0 Å². The van der Waals surface area contributed by atoms with Crippen LogP contribution in [0.3, 0.4) is 0 Å². The summed E-state index contributed by atoms with van der Waals surface area (Å²) in [7, 11) is 2.05. The van der Waals surface area contributed by atoms with Crippen molar-refractivity contribution in [3.05, 3.63) is 0 Å². The Kier molecular flexibility index (Phi) is 3.61. The van der Waals surface area contributed by atoms with Crippen molar-refractivity contribution in [2.45, 2.75) is 71.3 Å². The number of rotatable bonds is 1. The quantitative estimate of drug-likeness (QED) is 0.805. The molecule has 1 heterocycles. The molecule has 23 heavy (non-hydrogen) atoms. The molecule has 3 nitrogen and oxygen atoms in total. The zero-order chi connectivity index (χ0) is 16.4. The van der Waals surface area contributed by atoms with E-state index in [1.54, 1.807) is 0 Å². The van der Waals surface area contributed by atoms with Crippen molar-refractivity contribution in [1.29, 1.82) is 0 Å². The van der Waals surface area contributed by atoms with Crippen molar-refractivity contribution in [3.8, 4) is 0 Å². The molecule has 4 aliphatic rings. The van der Waals surface area contributed by atoms with Crippen LogP contribution >= 0.6 is 0 Å². The van der Waals surface area contributed by atoms with Crippen LogP contribution in [0.4, 0.5) is 0 Å². The molecule has 0 aromatic heterocycles. The molecule has 6 unspecified atom stereocenters. The molecule has 130 valence electrons. The van der Waals surface area contributed by atoms with Gasteiger partial charge in [0.15, 0.2) is 0 Å². The number of hydrogen-bond donors (Lipinski definition) is 1. The number of nitrogens with zero attached hydrogens (tertiary/aromatic N) is 1. The van der Waals surface area contributed by atoms with Crippen molar-refractivity contribution >= 4 is 5.91 Å². The average Bonchev–Trinajstić information content (AvgIpc) is 2.88. The fraction of sp³-hybridized carbons (Fsp3) is 0.950. The number of piperidine rings is 1. The first-order valence-corrected chi connectivity index (χ1v) is 9.87. The minimum Gasteiger partial charge on any atom is -0.342 e. The Labute approximate surface area is 141 Å². The van der Waals surface area contributed by atoms with Crippen molar-refractivity contribution in [3.63, 3.8) is 0 Å². The Morgan fingerprint density at radius 2 is 1.78 bits per heavy atom. The Balaban J connectivity index is 1.64. The summed E-state index contributed by atoms with van der Waals surface area (Å²) in [5, 5.41) is 0. The van der Waals surface area contributed by atoms with E-state index in [0.717, 1.165) is 43.1 Å². The van der Waals surface area contributed by atoms with Crippen molar-refractivity contribution < 1.29 is 4.79 Å². The van der Waals surface area contributed by atoms with Gasteiger partial charge in [-0.1, -0.05) is 13.8 Å². The van der Waals surface area contributed by atoms with E-state index < -0.39 is 0 Å². The molecule has 3 saturated carbocycles. The Bertz CT molecular complexity index is 506. The molecule has 0 aromatic rings. The molecule has 3 aliphatic carbocycles. The molecular weight excluding hydrogens is 284 g/mol. The standard InChI is InChI=1S/C20H34N2O/c1-19-10-8-16-14(15(19)6-4-13(19)12-21)5-7-17-20(16,2)11-9-18(23)22(17)3/h13-17H,4-12,21H2,1-3H3/t13?,14?,15?,16?,17-,19?,20?/m1/s1. The first kappa shape index (κ1) is 15.9. The van der Waals surface area contributed by atoms with Crippen LogP contribution in [0.2, 0.25) is 0 Å². The minimum atomic E-state index is 0.355. The zero-order valence-corrected chi connectivity index (χ0v) is 15.2. The highest BCUT2D eigenvalue weighted by Gasteiger charge is 2.60. The first-order valence-electron chi connectivity index (χ1n) is 9.87. The Morgan fingerprint density at radius 1 is 1.04 bits per heavy atom. The normalized spacial score (nSPS) is 52.8. The third kappa shape index (κ3) is 2.01. The summed E-state index contributed by atoms with van der Waals surface area (Å²) in [6.07, 6.45) is 9.91. The van der Waals surface area contributed by atoms with Crippen LogP contribution in [0, 0.1) is 34.5 Å². The lowest BCUT2D eigenvalue weighted by atomic mass is 9.47. The summed E-state index contributed by atoms with van der Waals surface area (Å²) in [6.45, 7) is 5.93. The number of carbonyl (C=O) groups is 1. The summed E-state index contributed by atoms with van der Waals surface area (Å²) >= 11 is 0. The van der Waals surface area contributed by atoms with Gasteiger partial charge in [-0.3, -0.25) is 4.79 Å². The van der Waals surface area contributed by atoms with Gasteiger partial charge in [0.05, 0.1) is 0 Å². The van der Waals surface area contributed by atoms with Crippen molar-refractivity contribution in [2.24, 2.45) is 40.2 Å². The maximum absolute atomic E-state index is 12.2. The zero-order valence-electron chi connectivity index (χ0n) is 15.2. The second kappa shape index (κ2) is 5.21. The van der Waals surface area contributed by atoms with E-state index in [-0.39, 0.29) is 0 Å². The van der Waals surface area contributed by atoms with Crippen LogP contribution in [0.15, 0.2) is 0 Å². The predicted molar refractivity (Wildman–Crippen MR) is 92.7 cm³/mol. The van der Waals surface area contributed by atoms with Crippen LogP contribution in [0.5, 0.6) is 0 Å². The molecule has 0 bridgehead atoms. The largest absolute Gasteiger partial charge is 0.342 e. The Morgan fingerprint density at radius 3 is 2.52 bits per heavy atom. The lowest BCUT2D eigenvalue weighted by Gasteiger charge is -2.61. The van der Waals surface area contributed by atoms with Gasteiger partial charge in [-0.05, 0) is 86.0 Å². The molecule has 1 amide bonds. The van der Waals surface area contributed by atoms with E-state index in [1.807, 2.05) is 0 Å². The van der Waals surface area contributed by atoms with Gasteiger partial charge in [-0.2, -0.15) is 0 Å². The number of nitrogens with two attached hydrogens (primary N) is 1. The van der Waals surface area contributed by atoms with Crippen LogP contribution in [0.25, 0.3) is 0 Å². The monoisotopic (exact) mass is 318 g/mol. The van der Waals surface area contributed by atoms with Gasteiger partial charge in [0.1, 0.15) is 0 Å². The second-order valence-electron chi connectivity index (χ2n) is 9.53. The average molecular weight is 319 g/mol. The van der Waals surface area contributed by atoms with E-state index >= 15 is 0 Å². The maximum atomic E-state index is 12.2. The fourth-order valence-corrected chi connectivity index (χ4v) is 7.65. The molecule has 1 aliphatic heterocycles. The van der Waals surface area contributed by atoms with Crippen LogP contribution < -0.4 is 5.73 Å². The van der Waals surface area contributed by atoms with E-state index in [9.17, 15) is 4.79 Å².